The fraction of sp³-hybridized carbons (Fsp3) is 0.273. The summed E-state index contributed by atoms with van der Waals surface area (Å²) in [4.78, 5) is 17.4. The second kappa shape index (κ2) is 4.86. The van der Waals surface area contributed by atoms with Gasteiger partial charge in [0.25, 0.3) is 0 Å². The minimum absolute atomic E-state index is 0.0123. The highest BCUT2D eigenvalue weighted by Crippen LogP contribution is 2.20. The molecule has 0 spiro atoms. The van der Waals surface area contributed by atoms with E-state index < -0.39 is 0 Å². The van der Waals surface area contributed by atoms with E-state index in [0.29, 0.717) is 12.2 Å². The van der Waals surface area contributed by atoms with Crippen molar-refractivity contribution in [2.45, 2.75) is 13.3 Å². The lowest BCUT2D eigenvalue weighted by Crippen LogP contribution is -2.05. The van der Waals surface area contributed by atoms with E-state index in [1.807, 2.05) is 23.8 Å². The monoisotopic (exact) mass is 252 g/mol. The molecule has 16 heavy (non-hydrogen) atoms. The number of nitrogens with zero attached hydrogens (tertiary/aromatic N) is 1. The van der Waals surface area contributed by atoms with Gasteiger partial charge in [0.2, 0.25) is 5.78 Å². The van der Waals surface area contributed by atoms with Crippen molar-refractivity contribution in [2.24, 2.45) is 5.73 Å². The summed E-state index contributed by atoms with van der Waals surface area (Å²) >= 11 is 3.08. The molecule has 0 aliphatic carbocycles. The van der Waals surface area contributed by atoms with Gasteiger partial charge in [0.05, 0.1) is 5.01 Å². The predicted octanol–water partition coefficient (Wildman–Crippen LogP) is 2.25. The molecule has 3 nitrogen and oxygen atoms in total. The van der Waals surface area contributed by atoms with Crippen LogP contribution in [-0.4, -0.2) is 17.3 Å². The van der Waals surface area contributed by atoms with Crippen LogP contribution in [0.25, 0.3) is 0 Å². The number of carbonyl (C=O) groups is 1. The van der Waals surface area contributed by atoms with Crippen LogP contribution in [0.2, 0.25) is 0 Å². The fourth-order valence-corrected chi connectivity index (χ4v) is 2.90. The summed E-state index contributed by atoms with van der Waals surface area (Å²) < 4.78 is 0. The van der Waals surface area contributed by atoms with E-state index in [1.165, 1.54) is 11.3 Å². The summed E-state index contributed by atoms with van der Waals surface area (Å²) in [5.74, 6) is 0.0123. The molecule has 5 heteroatoms. The van der Waals surface area contributed by atoms with Gasteiger partial charge in [0, 0.05) is 22.2 Å². The van der Waals surface area contributed by atoms with E-state index in [2.05, 4.69) is 4.98 Å². The average Bonchev–Trinajstić information content (AvgIpc) is 2.87. The lowest BCUT2D eigenvalue weighted by molar-refractivity contribution is 0.103. The first-order chi connectivity index (χ1) is 7.72. The van der Waals surface area contributed by atoms with Crippen LogP contribution in [-0.2, 0) is 6.42 Å². The highest BCUT2D eigenvalue weighted by Gasteiger charge is 2.15. The van der Waals surface area contributed by atoms with Gasteiger partial charge in [-0.05, 0) is 24.9 Å². The highest BCUT2D eigenvalue weighted by molar-refractivity contribution is 7.10. The van der Waals surface area contributed by atoms with E-state index >= 15 is 0 Å². The zero-order chi connectivity index (χ0) is 11.5. The maximum absolute atomic E-state index is 12.1. The SMILES string of the molecule is Cc1sccc1C(=O)c1csc(CCN)n1. The van der Waals surface area contributed by atoms with Crippen molar-refractivity contribution in [3.63, 3.8) is 0 Å². The summed E-state index contributed by atoms with van der Waals surface area (Å²) in [7, 11) is 0. The molecule has 2 heterocycles. The maximum Gasteiger partial charge on any atom is 0.213 e. The molecule has 0 amide bonds. The average molecular weight is 252 g/mol. The minimum Gasteiger partial charge on any atom is -0.330 e. The molecule has 0 atom stereocenters. The third-order valence-electron chi connectivity index (χ3n) is 2.25. The zero-order valence-electron chi connectivity index (χ0n) is 8.90. The number of hydrogen-bond acceptors (Lipinski definition) is 5. The Morgan fingerprint density at radius 1 is 1.50 bits per heavy atom. The molecular formula is C11H12N2OS2. The molecular weight excluding hydrogens is 240 g/mol. The van der Waals surface area contributed by atoms with E-state index in [1.54, 1.807) is 11.3 Å². The van der Waals surface area contributed by atoms with Gasteiger partial charge < -0.3 is 5.73 Å². The molecule has 2 N–H and O–H groups in total. The van der Waals surface area contributed by atoms with Crippen LogP contribution >= 0.6 is 22.7 Å². The quantitative estimate of drug-likeness (QED) is 0.849. The molecule has 84 valence electrons. The van der Waals surface area contributed by atoms with Crippen molar-refractivity contribution in [1.29, 1.82) is 0 Å². The van der Waals surface area contributed by atoms with E-state index in [4.69, 9.17) is 5.73 Å². The van der Waals surface area contributed by atoms with Crippen LogP contribution < -0.4 is 5.73 Å². The lowest BCUT2D eigenvalue weighted by Gasteiger charge is -1.95. The van der Waals surface area contributed by atoms with Crippen molar-refractivity contribution >= 4 is 28.5 Å². The van der Waals surface area contributed by atoms with Crippen LogP contribution in [0.15, 0.2) is 16.8 Å². The molecule has 0 unspecified atom stereocenters. The third kappa shape index (κ3) is 2.21. The van der Waals surface area contributed by atoms with Crippen molar-refractivity contribution in [3.05, 3.63) is 38.0 Å². The van der Waals surface area contributed by atoms with E-state index in [-0.39, 0.29) is 5.78 Å². The standard InChI is InChI=1S/C11H12N2OS2/c1-7-8(3-5-15-7)11(14)9-6-16-10(13-9)2-4-12/h3,5-6H,2,4,12H2,1H3. The number of carbonyl (C=O) groups excluding carboxylic acids is 1. The Bertz CT molecular complexity index is 502. The first-order valence-electron chi connectivity index (χ1n) is 4.95. The van der Waals surface area contributed by atoms with Crippen molar-refractivity contribution in [3.8, 4) is 0 Å². The van der Waals surface area contributed by atoms with Crippen LogP contribution in [0.3, 0.4) is 0 Å². The van der Waals surface area contributed by atoms with Gasteiger partial charge in [0.1, 0.15) is 5.69 Å². The van der Waals surface area contributed by atoms with Gasteiger partial charge in [-0.2, -0.15) is 0 Å². The van der Waals surface area contributed by atoms with Gasteiger partial charge in [0.15, 0.2) is 0 Å². The van der Waals surface area contributed by atoms with Crippen molar-refractivity contribution in [1.82, 2.24) is 4.98 Å². The predicted molar refractivity (Wildman–Crippen MR) is 67.4 cm³/mol. The maximum atomic E-state index is 12.1. The number of aryl methyl sites for hydroxylation is 1. The molecule has 0 bridgehead atoms. The Labute approximate surface area is 102 Å². The second-order valence-corrected chi connectivity index (χ2v) is 5.45. The molecule has 0 aromatic carbocycles. The molecule has 0 aliphatic heterocycles. The Morgan fingerprint density at radius 3 is 2.94 bits per heavy atom. The number of hydrogen-bond donors (Lipinski definition) is 1. The molecule has 2 rings (SSSR count). The Kier molecular flexibility index (Phi) is 3.48. The molecule has 0 saturated heterocycles. The Morgan fingerprint density at radius 2 is 2.31 bits per heavy atom. The van der Waals surface area contributed by atoms with Crippen LogP contribution in [0.1, 0.15) is 25.9 Å². The van der Waals surface area contributed by atoms with Gasteiger partial charge in [-0.3, -0.25) is 4.79 Å². The number of thiazole rings is 1. The number of thiophene rings is 1. The number of rotatable bonds is 4. The lowest BCUT2D eigenvalue weighted by atomic mass is 10.1. The third-order valence-corrected chi connectivity index (χ3v) is 4.00. The van der Waals surface area contributed by atoms with Gasteiger partial charge in [-0.15, -0.1) is 22.7 Å². The second-order valence-electron chi connectivity index (χ2n) is 3.38. The largest absolute Gasteiger partial charge is 0.330 e. The van der Waals surface area contributed by atoms with Gasteiger partial charge in [-0.25, -0.2) is 4.98 Å². The van der Waals surface area contributed by atoms with Crippen LogP contribution in [0.4, 0.5) is 0 Å². The molecule has 0 saturated carbocycles. The highest BCUT2D eigenvalue weighted by atomic mass is 32.1. The number of aromatic nitrogens is 1. The van der Waals surface area contributed by atoms with E-state index in [9.17, 15) is 4.79 Å². The first kappa shape index (κ1) is 11.4. The Balaban J connectivity index is 2.24. The van der Waals surface area contributed by atoms with Crippen molar-refractivity contribution < 1.29 is 4.79 Å². The number of ketones is 1. The summed E-state index contributed by atoms with van der Waals surface area (Å²) in [6.07, 6.45) is 0.737. The summed E-state index contributed by atoms with van der Waals surface area (Å²) in [6.45, 7) is 2.52. The van der Waals surface area contributed by atoms with Crippen LogP contribution in [0, 0.1) is 6.92 Å². The number of nitrogens with two attached hydrogens (primary N) is 1. The van der Waals surface area contributed by atoms with E-state index in [0.717, 1.165) is 21.9 Å². The Hall–Kier alpha value is -1.04. The fourth-order valence-electron chi connectivity index (χ4n) is 1.41. The molecule has 0 fully saturated rings. The topological polar surface area (TPSA) is 56.0 Å². The molecule has 0 aliphatic rings. The normalized spacial score (nSPS) is 10.6. The minimum atomic E-state index is 0.0123. The molecule has 2 aromatic heterocycles. The smallest absolute Gasteiger partial charge is 0.213 e. The van der Waals surface area contributed by atoms with Crippen molar-refractivity contribution in [2.75, 3.05) is 6.54 Å². The summed E-state index contributed by atoms with van der Waals surface area (Å²) in [6, 6.07) is 1.85. The summed E-state index contributed by atoms with van der Waals surface area (Å²) in [5.41, 5.74) is 6.74. The zero-order valence-corrected chi connectivity index (χ0v) is 10.5. The molecule has 0 radical (unpaired) electrons. The first-order valence-corrected chi connectivity index (χ1v) is 6.71. The van der Waals surface area contributed by atoms with Crippen LogP contribution in [0.5, 0.6) is 0 Å². The summed E-state index contributed by atoms with van der Waals surface area (Å²) in [5, 5.41) is 4.67. The molecule has 2 aromatic rings. The van der Waals surface area contributed by atoms with Gasteiger partial charge in [-0.1, -0.05) is 0 Å². The van der Waals surface area contributed by atoms with Gasteiger partial charge >= 0.3 is 0 Å².